The van der Waals surface area contributed by atoms with Crippen molar-refractivity contribution in [3.8, 4) is 5.75 Å². The highest BCUT2D eigenvalue weighted by atomic mass is 16.7. The number of ether oxygens (including phenoxy) is 2. The van der Waals surface area contributed by atoms with Gasteiger partial charge in [-0.2, -0.15) is 0 Å². The predicted molar refractivity (Wildman–Crippen MR) is 145 cm³/mol. The molecule has 0 unspecified atom stereocenters. The van der Waals surface area contributed by atoms with Gasteiger partial charge in [-0.1, -0.05) is 24.3 Å². The highest BCUT2D eigenvalue weighted by Gasteiger charge is 2.51. The minimum absolute atomic E-state index is 0.255. The van der Waals surface area contributed by atoms with Crippen LogP contribution in [0.2, 0.25) is 0 Å². The van der Waals surface area contributed by atoms with Gasteiger partial charge in [-0.15, -0.1) is 0 Å². The van der Waals surface area contributed by atoms with E-state index in [2.05, 4.69) is 81.2 Å². The molecule has 0 radical (unpaired) electrons. The van der Waals surface area contributed by atoms with Crippen LogP contribution in [0.15, 0.2) is 48.5 Å². The Morgan fingerprint density at radius 2 is 1.78 bits per heavy atom. The molecule has 8 heteroatoms. The second kappa shape index (κ2) is 9.58. The van der Waals surface area contributed by atoms with Crippen LogP contribution in [0.3, 0.4) is 0 Å². The number of anilines is 2. The summed E-state index contributed by atoms with van der Waals surface area (Å²) in [6.07, 6.45) is 0. The number of fused-ring (bicyclic) bond motifs is 1. The molecule has 190 valence electrons. The molecule has 36 heavy (non-hydrogen) atoms. The van der Waals surface area contributed by atoms with Crippen LogP contribution < -0.4 is 20.4 Å². The number of benzene rings is 2. The zero-order valence-electron chi connectivity index (χ0n) is 22.1. The smallest absolute Gasteiger partial charge is 0.494 e. The fraction of sp³-hybridized carbons (Fsp3) is 0.464. The maximum Gasteiger partial charge on any atom is 0.494 e. The first-order valence-electron chi connectivity index (χ1n) is 12.7. The molecule has 0 bridgehead atoms. The third kappa shape index (κ3) is 4.77. The molecule has 0 saturated carbocycles. The number of nitrogens with one attached hydrogen (secondary N) is 1. The summed E-state index contributed by atoms with van der Waals surface area (Å²) in [7, 11) is 1.28. The van der Waals surface area contributed by atoms with Gasteiger partial charge in [0, 0.05) is 24.5 Å². The van der Waals surface area contributed by atoms with E-state index in [0.717, 1.165) is 45.7 Å². The molecule has 5 rings (SSSR count). The van der Waals surface area contributed by atoms with Crippen LogP contribution in [0.4, 0.5) is 11.5 Å². The van der Waals surface area contributed by atoms with Crippen LogP contribution in [0.25, 0.3) is 10.9 Å². The number of aromatic nitrogens is 1. The SMILES string of the molecule is COc1ccc(CNc2nc3ccc(B4OC(C)(C)C(C)(C)O4)cc3cc2N2CCOC[C@H]2C)cc1. The lowest BCUT2D eigenvalue weighted by Crippen LogP contribution is -2.44. The Morgan fingerprint density at radius 3 is 2.44 bits per heavy atom. The van der Waals surface area contributed by atoms with E-state index in [-0.39, 0.29) is 17.2 Å². The van der Waals surface area contributed by atoms with Crippen LogP contribution in [0, 0.1) is 0 Å². The molecule has 2 aromatic carbocycles. The van der Waals surface area contributed by atoms with Gasteiger partial charge >= 0.3 is 7.12 Å². The number of hydrogen-bond acceptors (Lipinski definition) is 7. The van der Waals surface area contributed by atoms with E-state index >= 15 is 0 Å². The van der Waals surface area contributed by atoms with Crippen molar-refractivity contribution >= 4 is 35.0 Å². The van der Waals surface area contributed by atoms with Crippen molar-refractivity contribution in [1.82, 2.24) is 4.98 Å². The van der Waals surface area contributed by atoms with Crippen molar-refractivity contribution in [2.24, 2.45) is 0 Å². The summed E-state index contributed by atoms with van der Waals surface area (Å²) in [6.45, 7) is 13.4. The molecular weight excluding hydrogens is 453 g/mol. The predicted octanol–water partition coefficient (Wildman–Crippen LogP) is 4.38. The van der Waals surface area contributed by atoms with Crippen molar-refractivity contribution in [2.45, 2.75) is 58.4 Å². The normalized spacial score (nSPS) is 21.1. The zero-order chi connectivity index (χ0) is 25.5. The maximum absolute atomic E-state index is 6.30. The van der Waals surface area contributed by atoms with Crippen LogP contribution in [0.1, 0.15) is 40.2 Å². The minimum Gasteiger partial charge on any atom is -0.497 e. The van der Waals surface area contributed by atoms with Gasteiger partial charge in [-0.05, 0) is 69.9 Å². The van der Waals surface area contributed by atoms with E-state index in [0.29, 0.717) is 19.8 Å². The van der Waals surface area contributed by atoms with Gasteiger partial charge in [0.15, 0.2) is 5.82 Å². The molecule has 3 aromatic rings. The summed E-state index contributed by atoms with van der Waals surface area (Å²) in [5.41, 5.74) is 3.41. The monoisotopic (exact) mass is 489 g/mol. The molecular formula is C28H36BN3O4. The van der Waals surface area contributed by atoms with E-state index in [4.69, 9.17) is 23.8 Å². The molecule has 1 aromatic heterocycles. The first-order chi connectivity index (χ1) is 17.2. The first-order valence-corrected chi connectivity index (χ1v) is 12.7. The molecule has 0 aliphatic carbocycles. The van der Waals surface area contributed by atoms with Crippen molar-refractivity contribution in [3.05, 3.63) is 54.1 Å². The minimum atomic E-state index is -0.405. The lowest BCUT2D eigenvalue weighted by molar-refractivity contribution is 0.00578. The van der Waals surface area contributed by atoms with E-state index in [1.807, 2.05) is 12.1 Å². The molecule has 3 heterocycles. The fourth-order valence-corrected chi connectivity index (χ4v) is 4.67. The Kier molecular flexibility index (Phi) is 6.62. The standard InChI is InChI=1S/C28H36BN3O4/c1-19-18-34-14-13-32(19)25-16-21-15-22(29-35-27(2,3)28(4,5)36-29)9-12-24(21)31-26(25)30-17-20-7-10-23(33-6)11-8-20/h7-12,15-16,19H,13-14,17-18H2,1-6H3,(H,30,31)/t19-/m1/s1. The number of rotatable bonds is 6. The molecule has 2 aliphatic heterocycles. The Hall–Kier alpha value is -2.81. The Labute approximate surface area is 214 Å². The number of methoxy groups -OCH3 is 1. The second-order valence-corrected chi connectivity index (χ2v) is 10.7. The molecule has 0 amide bonds. The third-order valence-corrected chi connectivity index (χ3v) is 7.64. The van der Waals surface area contributed by atoms with Crippen LogP contribution in [0.5, 0.6) is 5.75 Å². The Bertz CT molecular complexity index is 1220. The van der Waals surface area contributed by atoms with Crippen LogP contribution in [-0.2, 0) is 20.6 Å². The van der Waals surface area contributed by atoms with Crippen LogP contribution in [-0.4, -0.2) is 56.2 Å². The van der Waals surface area contributed by atoms with Gasteiger partial charge < -0.3 is 29.0 Å². The summed E-state index contributed by atoms with van der Waals surface area (Å²) in [6, 6.07) is 16.8. The van der Waals surface area contributed by atoms with Gasteiger partial charge in [0.2, 0.25) is 0 Å². The van der Waals surface area contributed by atoms with E-state index in [1.54, 1.807) is 7.11 Å². The largest absolute Gasteiger partial charge is 0.497 e. The van der Waals surface area contributed by atoms with Gasteiger partial charge in [0.1, 0.15) is 5.75 Å². The van der Waals surface area contributed by atoms with Gasteiger partial charge in [0.05, 0.1) is 42.7 Å². The van der Waals surface area contributed by atoms with Gasteiger partial charge in [-0.3, -0.25) is 0 Å². The van der Waals surface area contributed by atoms with E-state index in [1.165, 1.54) is 0 Å². The molecule has 1 atom stereocenters. The van der Waals surface area contributed by atoms with Gasteiger partial charge in [0.25, 0.3) is 0 Å². The Balaban J connectivity index is 1.48. The number of nitrogens with zero attached hydrogens (tertiary/aromatic N) is 2. The summed E-state index contributed by atoms with van der Waals surface area (Å²) >= 11 is 0. The summed E-state index contributed by atoms with van der Waals surface area (Å²) in [5, 5.41) is 4.65. The first kappa shape index (κ1) is 24.9. The summed E-state index contributed by atoms with van der Waals surface area (Å²) < 4.78 is 23.6. The highest BCUT2D eigenvalue weighted by Crippen LogP contribution is 2.37. The second-order valence-electron chi connectivity index (χ2n) is 10.7. The maximum atomic E-state index is 6.30. The average Bonchev–Trinajstić information content (AvgIpc) is 3.09. The Morgan fingerprint density at radius 1 is 1.06 bits per heavy atom. The zero-order valence-corrected chi connectivity index (χ0v) is 22.1. The number of morpholine rings is 1. The molecule has 1 N–H and O–H groups in total. The summed E-state index contributed by atoms with van der Waals surface area (Å²) in [5.74, 6) is 1.72. The van der Waals surface area contributed by atoms with E-state index < -0.39 is 7.12 Å². The fourth-order valence-electron chi connectivity index (χ4n) is 4.67. The lowest BCUT2D eigenvalue weighted by Gasteiger charge is -2.36. The molecule has 7 nitrogen and oxygen atoms in total. The molecule has 2 saturated heterocycles. The quantitative estimate of drug-likeness (QED) is 0.516. The lowest BCUT2D eigenvalue weighted by atomic mass is 9.78. The number of pyridine rings is 1. The highest BCUT2D eigenvalue weighted by molar-refractivity contribution is 6.62. The van der Waals surface area contributed by atoms with E-state index in [9.17, 15) is 0 Å². The molecule has 2 aliphatic rings. The van der Waals surface area contributed by atoms with Gasteiger partial charge in [-0.25, -0.2) is 4.98 Å². The van der Waals surface area contributed by atoms with Crippen LogP contribution >= 0.6 is 0 Å². The average molecular weight is 489 g/mol. The summed E-state index contributed by atoms with van der Waals surface area (Å²) in [4.78, 5) is 7.44. The molecule has 0 spiro atoms. The molecule has 2 fully saturated rings. The van der Waals surface area contributed by atoms with Crippen molar-refractivity contribution in [1.29, 1.82) is 0 Å². The van der Waals surface area contributed by atoms with Crippen molar-refractivity contribution < 1.29 is 18.8 Å². The van der Waals surface area contributed by atoms with Crippen molar-refractivity contribution in [3.63, 3.8) is 0 Å². The number of hydrogen-bond donors (Lipinski definition) is 1. The third-order valence-electron chi connectivity index (χ3n) is 7.64. The van der Waals surface area contributed by atoms with Crippen molar-refractivity contribution in [2.75, 3.05) is 37.1 Å². The topological polar surface area (TPSA) is 65.1 Å².